The minimum absolute atomic E-state index is 0.0529. The van der Waals surface area contributed by atoms with Crippen molar-refractivity contribution in [3.8, 4) is 0 Å². The first-order chi connectivity index (χ1) is 8.37. The van der Waals surface area contributed by atoms with Crippen LogP contribution in [0.4, 0.5) is 4.39 Å². The number of amides is 1. The Morgan fingerprint density at radius 2 is 1.89 bits per heavy atom. The van der Waals surface area contributed by atoms with Gasteiger partial charge in [0.15, 0.2) is 0 Å². The van der Waals surface area contributed by atoms with Crippen LogP contribution in [-0.4, -0.2) is 23.9 Å². The quantitative estimate of drug-likeness (QED) is 0.699. The summed E-state index contributed by atoms with van der Waals surface area (Å²) >= 11 is 2.03. The molecule has 1 saturated heterocycles. The van der Waals surface area contributed by atoms with Crippen LogP contribution in [0, 0.1) is 14.8 Å². The van der Waals surface area contributed by atoms with Crippen LogP contribution in [0.5, 0.6) is 0 Å². The third-order valence-electron chi connectivity index (χ3n) is 3.51. The molecule has 0 aromatic heterocycles. The van der Waals surface area contributed by atoms with Gasteiger partial charge in [-0.1, -0.05) is 13.8 Å². The largest absolute Gasteiger partial charge is 0.339 e. The van der Waals surface area contributed by atoms with Gasteiger partial charge in [0.2, 0.25) is 0 Å². The number of carbonyl (C=O) groups is 1. The molecule has 0 saturated carbocycles. The molecule has 1 aromatic carbocycles. The first-order valence-corrected chi connectivity index (χ1v) is 7.21. The second-order valence-electron chi connectivity index (χ2n) is 5.61. The summed E-state index contributed by atoms with van der Waals surface area (Å²) in [5.41, 5.74) is 0.770. The van der Waals surface area contributed by atoms with Crippen LogP contribution in [0.15, 0.2) is 18.2 Å². The van der Waals surface area contributed by atoms with Crippen molar-refractivity contribution in [1.82, 2.24) is 4.90 Å². The number of hydrogen-bond donors (Lipinski definition) is 0. The first-order valence-electron chi connectivity index (χ1n) is 6.13. The molecular weight excluding hydrogens is 344 g/mol. The normalized spacial score (nSPS) is 18.8. The number of nitrogens with zero attached hydrogens (tertiary/aromatic N) is 1. The molecule has 0 N–H and O–H groups in total. The first kappa shape index (κ1) is 13.8. The van der Waals surface area contributed by atoms with Crippen LogP contribution in [0.3, 0.4) is 0 Å². The molecule has 1 amide bonds. The van der Waals surface area contributed by atoms with Gasteiger partial charge >= 0.3 is 0 Å². The van der Waals surface area contributed by atoms with E-state index in [4.69, 9.17) is 0 Å². The number of hydrogen-bond acceptors (Lipinski definition) is 1. The van der Waals surface area contributed by atoms with Crippen molar-refractivity contribution in [2.45, 2.75) is 26.7 Å². The molecule has 0 atom stereocenters. The van der Waals surface area contributed by atoms with Gasteiger partial charge in [0.25, 0.3) is 5.91 Å². The average Bonchev–Trinajstić information content (AvgIpc) is 2.27. The predicted molar refractivity (Wildman–Crippen MR) is 78.0 cm³/mol. The lowest BCUT2D eigenvalue weighted by Gasteiger charge is -2.37. The summed E-state index contributed by atoms with van der Waals surface area (Å²) in [5, 5.41) is 0. The van der Waals surface area contributed by atoms with Gasteiger partial charge in [0.1, 0.15) is 5.82 Å². The average molecular weight is 361 g/mol. The topological polar surface area (TPSA) is 20.3 Å². The van der Waals surface area contributed by atoms with E-state index >= 15 is 0 Å². The van der Waals surface area contributed by atoms with Gasteiger partial charge < -0.3 is 4.90 Å². The van der Waals surface area contributed by atoms with E-state index in [0.29, 0.717) is 11.0 Å². The summed E-state index contributed by atoms with van der Waals surface area (Å²) in [6.45, 7) is 5.97. The fraction of sp³-hybridized carbons (Fsp3) is 0.500. The van der Waals surface area contributed by atoms with Crippen molar-refractivity contribution < 1.29 is 9.18 Å². The summed E-state index contributed by atoms with van der Waals surface area (Å²) < 4.78 is 14.1. The second kappa shape index (κ2) is 5.15. The lowest BCUT2D eigenvalue weighted by Crippen LogP contribution is -2.41. The Hall–Kier alpha value is -0.650. The minimum Gasteiger partial charge on any atom is -0.339 e. The van der Waals surface area contributed by atoms with E-state index in [9.17, 15) is 9.18 Å². The van der Waals surface area contributed by atoms with E-state index in [1.54, 1.807) is 6.07 Å². The Morgan fingerprint density at radius 1 is 1.28 bits per heavy atom. The second-order valence-corrected chi connectivity index (χ2v) is 6.86. The standard InChI is InChI=1S/C14H17FINO/c1-14(2)3-5-17(6-4-14)13(18)10-7-11(15)9-12(16)8-10/h7-9H,3-6H2,1-2H3. The molecule has 1 aromatic rings. The maximum absolute atomic E-state index is 13.3. The lowest BCUT2D eigenvalue weighted by molar-refractivity contribution is 0.0629. The number of halogens is 2. The van der Waals surface area contributed by atoms with E-state index in [1.165, 1.54) is 12.1 Å². The molecule has 1 aliphatic rings. The summed E-state index contributed by atoms with van der Waals surface area (Å²) in [5.74, 6) is -0.398. The molecule has 0 radical (unpaired) electrons. The highest BCUT2D eigenvalue weighted by Gasteiger charge is 2.28. The van der Waals surface area contributed by atoms with Crippen LogP contribution >= 0.6 is 22.6 Å². The number of likely N-dealkylation sites (tertiary alicyclic amines) is 1. The molecule has 1 heterocycles. The van der Waals surface area contributed by atoms with Crippen LogP contribution in [0.2, 0.25) is 0 Å². The van der Waals surface area contributed by atoms with Crippen molar-refractivity contribution >= 4 is 28.5 Å². The molecule has 1 aliphatic heterocycles. The van der Waals surface area contributed by atoms with Gasteiger partial charge in [-0.2, -0.15) is 0 Å². The Labute approximate surface area is 121 Å². The van der Waals surface area contributed by atoms with Gasteiger partial charge in [0.05, 0.1) is 0 Å². The van der Waals surface area contributed by atoms with Crippen LogP contribution in [0.1, 0.15) is 37.0 Å². The number of benzene rings is 1. The van der Waals surface area contributed by atoms with Gasteiger partial charge in [-0.25, -0.2) is 4.39 Å². The Bertz CT molecular complexity index is 443. The van der Waals surface area contributed by atoms with Gasteiger partial charge in [-0.3, -0.25) is 4.79 Å². The van der Waals surface area contributed by atoms with Crippen LogP contribution in [0.25, 0.3) is 0 Å². The fourth-order valence-corrected chi connectivity index (χ4v) is 2.81. The summed E-state index contributed by atoms with van der Waals surface area (Å²) in [6.07, 6.45) is 2.01. The number of rotatable bonds is 1. The fourth-order valence-electron chi connectivity index (χ4n) is 2.18. The zero-order valence-electron chi connectivity index (χ0n) is 10.7. The molecule has 0 unspecified atom stereocenters. The van der Waals surface area contributed by atoms with Crippen molar-refractivity contribution in [2.75, 3.05) is 13.1 Å². The minimum atomic E-state index is -0.345. The zero-order chi connectivity index (χ0) is 13.3. The summed E-state index contributed by atoms with van der Waals surface area (Å²) in [6, 6.07) is 4.49. The predicted octanol–water partition coefficient (Wildman–Crippen LogP) is 3.69. The smallest absolute Gasteiger partial charge is 0.253 e. The van der Waals surface area contributed by atoms with E-state index < -0.39 is 0 Å². The molecule has 0 aliphatic carbocycles. The Balaban J connectivity index is 2.12. The highest BCUT2D eigenvalue weighted by atomic mass is 127. The molecule has 0 bridgehead atoms. The van der Waals surface area contributed by atoms with Crippen molar-refractivity contribution in [3.63, 3.8) is 0 Å². The highest BCUT2D eigenvalue weighted by Crippen LogP contribution is 2.30. The molecule has 98 valence electrons. The van der Waals surface area contributed by atoms with E-state index in [2.05, 4.69) is 13.8 Å². The summed E-state index contributed by atoms with van der Waals surface area (Å²) in [4.78, 5) is 14.1. The third-order valence-corrected chi connectivity index (χ3v) is 4.14. The maximum Gasteiger partial charge on any atom is 0.253 e. The van der Waals surface area contributed by atoms with Gasteiger partial charge in [-0.15, -0.1) is 0 Å². The number of piperidine rings is 1. The van der Waals surface area contributed by atoms with Crippen molar-refractivity contribution in [1.29, 1.82) is 0 Å². The highest BCUT2D eigenvalue weighted by molar-refractivity contribution is 14.1. The Morgan fingerprint density at radius 3 is 2.44 bits per heavy atom. The lowest BCUT2D eigenvalue weighted by atomic mass is 9.82. The van der Waals surface area contributed by atoms with Crippen LogP contribution in [-0.2, 0) is 0 Å². The van der Waals surface area contributed by atoms with Crippen LogP contribution < -0.4 is 0 Å². The zero-order valence-corrected chi connectivity index (χ0v) is 12.8. The summed E-state index contributed by atoms with van der Waals surface area (Å²) in [7, 11) is 0. The third kappa shape index (κ3) is 3.22. The van der Waals surface area contributed by atoms with Crippen molar-refractivity contribution in [2.24, 2.45) is 5.41 Å². The van der Waals surface area contributed by atoms with E-state index in [0.717, 1.165) is 29.5 Å². The molecule has 2 nitrogen and oxygen atoms in total. The molecule has 1 fully saturated rings. The van der Waals surface area contributed by atoms with Crippen molar-refractivity contribution in [3.05, 3.63) is 33.1 Å². The molecule has 2 rings (SSSR count). The van der Waals surface area contributed by atoms with Gasteiger partial charge in [-0.05, 0) is 59.0 Å². The monoisotopic (exact) mass is 361 g/mol. The SMILES string of the molecule is CC1(C)CCN(C(=O)c2cc(F)cc(I)c2)CC1. The number of carbonyl (C=O) groups excluding carboxylic acids is 1. The maximum atomic E-state index is 13.3. The van der Waals surface area contributed by atoms with E-state index in [1.807, 2.05) is 27.5 Å². The molecule has 0 spiro atoms. The van der Waals surface area contributed by atoms with Gasteiger partial charge in [0, 0.05) is 22.2 Å². The Kier molecular flexibility index (Phi) is 3.94. The van der Waals surface area contributed by atoms with E-state index in [-0.39, 0.29) is 11.7 Å². The molecular formula is C14H17FINO. The molecule has 18 heavy (non-hydrogen) atoms. The molecule has 4 heteroatoms.